The number of halogens is 3. The molecule has 2 rings (SSSR count). The fourth-order valence-electron chi connectivity index (χ4n) is 2.29. The highest BCUT2D eigenvalue weighted by atomic mass is 127. The maximum absolute atomic E-state index is 13.8. The normalized spacial score (nSPS) is 11.2. The molecule has 2 aromatic rings. The van der Waals surface area contributed by atoms with Gasteiger partial charge in [-0.05, 0) is 44.4 Å². The molecular weight excluding hydrogens is 514 g/mol. The fraction of sp³-hybridized carbons (Fsp3) is 0.471. The van der Waals surface area contributed by atoms with Crippen molar-refractivity contribution in [1.29, 1.82) is 0 Å². The molecule has 2 N–H and O–H groups in total. The van der Waals surface area contributed by atoms with E-state index in [-0.39, 0.29) is 29.8 Å². The molecule has 0 radical (unpaired) electrons. The average molecular weight is 539 g/mol. The van der Waals surface area contributed by atoms with Gasteiger partial charge in [-0.15, -0.1) is 34.2 Å². The second-order valence-corrected chi connectivity index (χ2v) is 6.60. The lowest BCUT2D eigenvalue weighted by molar-refractivity contribution is 0.601. The molecule has 9 heteroatoms. The summed E-state index contributed by atoms with van der Waals surface area (Å²) >= 11 is 3.27. The maximum Gasteiger partial charge on any atom is 0.191 e. The number of rotatable bonds is 7. The van der Waals surface area contributed by atoms with Crippen molar-refractivity contribution in [2.75, 3.05) is 13.1 Å². The summed E-state index contributed by atoms with van der Waals surface area (Å²) in [5.41, 5.74) is 0.724. The Morgan fingerprint density at radius 3 is 2.69 bits per heavy atom. The van der Waals surface area contributed by atoms with Gasteiger partial charge in [0.15, 0.2) is 11.8 Å². The largest absolute Gasteiger partial charge is 0.357 e. The molecule has 0 bridgehead atoms. The van der Waals surface area contributed by atoms with Crippen LogP contribution in [-0.4, -0.2) is 33.8 Å². The number of nitrogens with one attached hydrogen (secondary N) is 2. The van der Waals surface area contributed by atoms with Crippen molar-refractivity contribution >= 4 is 45.9 Å². The van der Waals surface area contributed by atoms with Crippen LogP contribution in [0, 0.1) is 12.7 Å². The number of hydrogen-bond donors (Lipinski definition) is 2. The molecule has 0 spiro atoms. The maximum atomic E-state index is 13.8. The van der Waals surface area contributed by atoms with E-state index in [1.807, 2.05) is 37.6 Å². The molecule has 0 aliphatic carbocycles. The average Bonchev–Trinajstić information content (AvgIpc) is 2.90. The molecule has 0 amide bonds. The van der Waals surface area contributed by atoms with Gasteiger partial charge in [-0.2, -0.15) is 0 Å². The van der Waals surface area contributed by atoms with Crippen LogP contribution in [0.1, 0.15) is 30.6 Å². The lowest BCUT2D eigenvalue weighted by Crippen LogP contribution is -2.38. The van der Waals surface area contributed by atoms with E-state index in [0.717, 1.165) is 40.6 Å². The van der Waals surface area contributed by atoms with Gasteiger partial charge < -0.3 is 15.2 Å². The second kappa shape index (κ2) is 11.5. The number of benzene rings is 1. The minimum Gasteiger partial charge on any atom is -0.357 e. The molecule has 0 unspecified atom stereocenters. The molecule has 0 aliphatic heterocycles. The molecule has 6 nitrogen and oxygen atoms in total. The molecule has 0 atom stereocenters. The highest BCUT2D eigenvalue weighted by Gasteiger charge is 2.05. The van der Waals surface area contributed by atoms with E-state index in [9.17, 15) is 4.39 Å². The van der Waals surface area contributed by atoms with Gasteiger partial charge in [-0.1, -0.05) is 22.0 Å². The van der Waals surface area contributed by atoms with Crippen LogP contribution in [0.5, 0.6) is 0 Å². The molecule has 0 saturated heterocycles. The minimum atomic E-state index is -0.174. The Morgan fingerprint density at radius 1 is 1.31 bits per heavy atom. The Labute approximate surface area is 179 Å². The number of aromatic nitrogens is 3. The van der Waals surface area contributed by atoms with Crippen molar-refractivity contribution in [3.8, 4) is 0 Å². The van der Waals surface area contributed by atoms with Crippen molar-refractivity contribution in [1.82, 2.24) is 25.4 Å². The lowest BCUT2D eigenvalue weighted by Gasteiger charge is -2.11. The SMILES string of the molecule is CCNC(=NCc1nnc(C)n1C)NCCCc1ccc(Br)cc1F.I. The third-order valence-electron chi connectivity index (χ3n) is 3.84. The van der Waals surface area contributed by atoms with Crippen LogP contribution in [0.4, 0.5) is 4.39 Å². The summed E-state index contributed by atoms with van der Waals surface area (Å²) in [7, 11) is 1.92. The number of hydrogen-bond acceptors (Lipinski definition) is 3. The van der Waals surface area contributed by atoms with Crippen LogP contribution in [0.25, 0.3) is 0 Å². The summed E-state index contributed by atoms with van der Waals surface area (Å²) < 4.78 is 16.5. The zero-order chi connectivity index (χ0) is 18.2. The zero-order valence-electron chi connectivity index (χ0n) is 15.2. The molecule has 1 heterocycles. The molecule has 1 aromatic carbocycles. The highest BCUT2D eigenvalue weighted by Crippen LogP contribution is 2.16. The Bertz CT molecular complexity index is 734. The Kier molecular flexibility index (Phi) is 10.1. The standard InChI is InChI=1S/C17H24BrFN6.HI/c1-4-20-17(22-11-16-24-23-12(2)25(16)3)21-9-5-6-13-7-8-14(18)10-15(13)19;/h7-8,10H,4-6,9,11H2,1-3H3,(H2,20,21,22);1H. The molecular formula is C17H25BrFIN6. The number of aliphatic imine (C=N–C) groups is 1. The van der Waals surface area contributed by atoms with E-state index in [1.165, 1.54) is 6.07 Å². The first-order valence-electron chi connectivity index (χ1n) is 8.32. The van der Waals surface area contributed by atoms with E-state index in [1.54, 1.807) is 0 Å². The minimum absolute atomic E-state index is 0. The predicted molar refractivity (Wildman–Crippen MR) is 116 cm³/mol. The van der Waals surface area contributed by atoms with Crippen molar-refractivity contribution in [2.45, 2.75) is 33.2 Å². The Balaban J connectivity index is 0.00000338. The topological polar surface area (TPSA) is 67.1 Å². The first-order chi connectivity index (χ1) is 12.0. The molecule has 1 aromatic heterocycles. The molecule has 0 saturated carbocycles. The van der Waals surface area contributed by atoms with Crippen LogP contribution >= 0.6 is 39.9 Å². The summed E-state index contributed by atoms with van der Waals surface area (Å²) in [6, 6.07) is 5.17. The number of nitrogens with zero attached hydrogens (tertiary/aromatic N) is 4. The summed E-state index contributed by atoms with van der Waals surface area (Å²) in [6.07, 6.45) is 1.49. The molecule has 26 heavy (non-hydrogen) atoms. The summed E-state index contributed by atoms with van der Waals surface area (Å²) in [4.78, 5) is 4.52. The van der Waals surface area contributed by atoms with E-state index < -0.39 is 0 Å². The number of guanidine groups is 1. The predicted octanol–water partition coefficient (Wildman–Crippen LogP) is 3.33. The fourth-order valence-corrected chi connectivity index (χ4v) is 2.62. The molecule has 144 valence electrons. The third-order valence-corrected chi connectivity index (χ3v) is 4.33. The summed E-state index contributed by atoms with van der Waals surface area (Å²) in [5.74, 6) is 2.22. The van der Waals surface area contributed by atoms with Gasteiger partial charge in [0, 0.05) is 24.6 Å². The van der Waals surface area contributed by atoms with Crippen molar-refractivity contribution in [3.05, 3.63) is 45.7 Å². The monoisotopic (exact) mass is 538 g/mol. The summed E-state index contributed by atoms with van der Waals surface area (Å²) in [6.45, 7) is 5.85. The Hall–Kier alpha value is -1.23. The van der Waals surface area contributed by atoms with Crippen LogP contribution < -0.4 is 10.6 Å². The summed E-state index contributed by atoms with van der Waals surface area (Å²) in [5, 5.41) is 14.6. The van der Waals surface area contributed by atoms with Gasteiger partial charge in [0.2, 0.25) is 0 Å². The zero-order valence-corrected chi connectivity index (χ0v) is 19.1. The Morgan fingerprint density at radius 2 is 2.08 bits per heavy atom. The first kappa shape index (κ1) is 22.8. The van der Waals surface area contributed by atoms with E-state index in [4.69, 9.17) is 0 Å². The quantitative estimate of drug-likeness (QED) is 0.245. The smallest absolute Gasteiger partial charge is 0.191 e. The van der Waals surface area contributed by atoms with Crippen molar-refractivity contribution < 1.29 is 4.39 Å². The van der Waals surface area contributed by atoms with Gasteiger partial charge in [0.1, 0.15) is 18.2 Å². The van der Waals surface area contributed by atoms with Crippen LogP contribution in [-0.2, 0) is 20.0 Å². The first-order valence-corrected chi connectivity index (χ1v) is 9.11. The van der Waals surface area contributed by atoms with Gasteiger partial charge in [-0.25, -0.2) is 9.38 Å². The highest BCUT2D eigenvalue weighted by molar-refractivity contribution is 14.0. The van der Waals surface area contributed by atoms with Crippen LogP contribution in [0.3, 0.4) is 0 Å². The van der Waals surface area contributed by atoms with E-state index in [0.29, 0.717) is 19.5 Å². The lowest BCUT2D eigenvalue weighted by atomic mass is 10.1. The molecule has 0 fully saturated rings. The van der Waals surface area contributed by atoms with Crippen molar-refractivity contribution in [3.63, 3.8) is 0 Å². The van der Waals surface area contributed by atoms with E-state index >= 15 is 0 Å². The third kappa shape index (κ3) is 6.82. The van der Waals surface area contributed by atoms with Gasteiger partial charge in [0.05, 0.1) is 0 Å². The molecule has 0 aliphatic rings. The van der Waals surface area contributed by atoms with Gasteiger partial charge in [0.25, 0.3) is 0 Å². The van der Waals surface area contributed by atoms with Gasteiger partial charge >= 0.3 is 0 Å². The second-order valence-electron chi connectivity index (χ2n) is 5.68. The van der Waals surface area contributed by atoms with E-state index in [2.05, 4.69) is 41.8 Å². The van der Waals surface area contributed by atoms with Gasteiger partial charge in [-0.3, -0.25) is 0 Å². The van der Waals surface area contributed by atoms with Crippen molar-refractivity contribution in [2.24, 2.45) is 12.0 Å². The van der Waals surface area contributed by atoms with Crippen LogP contribution in [0.2, 0.25) is 0 Å². The van der Waals surface area contributed by atoms with Crippen LogP contribution in [0.15, 0.2) is 27.7 Å². The number of aryl methyl sites for hydroxylation is 2.